The summed E-state index contributed by atoms with van der Waals surface area (Å²) in [5.74, 6) is 3.90. The first-order chi connectivity index (χ1) is 57.4. The highest BCUT2D eigenvalue weighted by atomic mass is 32.1. The average molecular weight is 1690 g/mol. The molecule has 4 saturated heterocycles. The van der Waals surface area contributed by atoms with Crippen molar-refractivity contribution in [2.24, 2.45) is 0 Å². The Balaban J connectivity index is 0.000000111. The molecule has 17 heterocycles. The molecule has 0 spiro atoms. The molecule has 35 heteroatoms. The van der Waals surface area contributed by atoms with E-state index in [9.17, 15) is 28.8 Å². The second kappa shape index (κ2) is 37.6. The Morgan fingerprint density at radius 3 is 1.19 bits per heavy atom. The Morgan fingerprint density at radius 1 is 0.364 bits per heavy atom. The maximum absolute atomic E-state index is 12.3. The molecule has 4 aliphatic heterocycles. The molecule has 0 bridgehead atoms. The van der Waals surface area contributed by atoms with Crippen LogP contribution in [-0.2, 0) is 24.7 Å². The third-order valence-corrected chi connectivity index (χ3v) is 25.8. The molecule has 612 valence electrons. The smallest absolute Gasteiger partial charge is 0.329 e. The monoisotopic (exact) mass is 1680 g/mol. The van der Waals surface area contributed by atoms with Gasteiger partial charge in [0.25, 0.3) is 33.4 Å². The van der Waals surface area contributed by atoms with E-state index in [0.717, 1.165) is 169 Å². The molecule has 20 rings (SSSR count). The number of aryl methyl sites for hydroxylation is 3. The second-order valence-electron chi connectivity index (χ2n) is 30.1. The predicted molar refractivity (Wildman–Crippen MR) is 469 cm³/mol. The fourth-order valence-corrected chi connectivity index (χ4v) is 18.6. The number of anilines is 4. The van der Waals surface area contributed by atoms with Gasteiger partial charge in [-0.05, 0) is 133 Å². The highest BCUT2D eigenvalue weighted by Gasteiger charge is 2.25. The number of pyridine rings is 1. The van der Waals surface area contributed by atoms with Gasteiger partial charge in [0.1, 0.15) is 48.3 Å². The van der Waals surface area contributed by atoms with Crippen molar-refractivity contribution in [2.75, 3.05) is 72.0 Å². The van der Waals surface area contributed by atoms with Gasteiger partial charge in [-0.2, -0.15) is 53.1 Å². The molecular formula is C83H93N23O7S5. The minimum atomic E-state index is -0.177. The zero-order chi connectivity index (χ0) is 81.8. The summed E-state index contributed by atoms with van der Waals surface area (Å²) in [6.45, 7) is 20.1. The van der Waals surface area contributed by atoms with Crippen LogP contribution in [0.3, 0.4) is 0 Å². The second-order valence-corrected chi connectivity index (χ2v) is 35.0. The molecule has 0 N–H and O–H groups in total. The highest BCUT2D eigenvalue weighted by molar-refractivity contribution is 7.20. The molecule has 0 unspecified atom stereocenters. The number of rotatable bonds is 11. The Morgan fingerprint density at radius 2 is 0.754 bits per heavy atom. The molecule has 0 amide bonds. The Labute approximate surface area is 698 Å². The summed E-state index contributed by atoms with van der Waals surface area (Å²) in [6, 6.07) is 32.9. The lowest BCUT2D eigenvalue weighted by molar-refractivity contribution is 0.526. The molecule has 1 aliphatic carbocycles. The first-order valence-corrected chi connectivity index (χ1v) is 44.6. The normalized spacial score (nSPS) is 15.2. The van der Waals surface area contributed by atoms with Crippen LogP contribution in [0.4, 0.5) is 23.3 Å². The molecular weight excluding hydrogens is 1590 g/mol. The predicted octanol–water partition coefficient (Wildman–Crippen LogP) is 13.7. The lowest BCUT2D eigenvalue weighted by atomic mass is 9.97. The van der Waals surface area contributed by atoms with Crippen LogP contribution in [0.25, 0.3) is 68.6 Å². The van der Waals surface area contributed by atoms with E-state index in [1.807, 2.05) is 93.6 Å². The molecule has 13 aromatic heterocycles. The van der Waals surface area contributed by atoms with E-state index in [-0.39, 0.29) is 38.8 Å². The number of nitrogens with zero attached hydrogens (tertiary/aromatic N) is 23. The van der Waals surface area contributed by atoms with Gasteiger partial charge in [0, 0.05) is 130 Å². The summed E-state index contributed by atoms with van der Waals surface area (Å²) < 4.78 is 13.7. The maximum Gasteiger partial charge on any atom is 0.329 e. The lowest BCUT2D eigenvalue weighted by Crippen LogP contribution is -2.31. The highest BCUT2D eigenvalue weighted by Crippen LogP contribution is 2.32. The summed E-state index contributed by atoms with van der Waals surface area (Å²) in [6.07, 6.45) is 26.9. The molecule has 0 atom stereocenters. The summed E-state index contributed by atoms with van der Waals surface area (Å²) in [4.78, 5) is 116. The lowest BCUT2D eigenvalue weighted by Gasteiger charge is -2.27. The standard InChI is InChI=1S/C16H16N4OS.C15H15N5OS.C14H20N4OS.C13H15N3OS.C13H11N3OS.C12H16N4O2/c21-14-11-13(19-9-5-2-6-10-19)17-16-20(14)18-15(22-16)12-7-3-1-4-8-12;21-13-10-12(19-8-2-1-3-9-19)17-15-20(13)18-14(22-15)11-4-6-16-7-5-11;1-14(2,3)12-16-18-11(19)9-10(15-13(18)20-12)17-7-5-4-6-8-17;2*1-2-11-15-16-12(17)8-10(14-13(16)18-11)9-6-4-3-5-7-9;1-2-10-14-16-11(17)8-9(13-12(16)18-10)15-6-4-3-5-7-15/h1,3-4,7-8,11H,2,5-6,9-10H2;4-7,10H,1-3,8-9H2;9H,4-8H2,1-3H3;6,8H,2-5,7H2,1H3;3-8H,2H2,1H3;8H,2-7H2,1H3. The van der Waals surface area contributed by atoms with E-state index in [0.29, 0.717) is 54.5 Å². The van der Waals surface area contributed by atoms with Gasteiger partial charge in [-0.3, -0.25) is 33.8 Å². The molecule has 5 aliphatic rings. The molecule has 2 aromatic carbocycles. The Kier molecular flexibility index (Phi) is 26.1. The SMILES string of the molecule is CC(C)(C)c1nn2c(=O)cc(N3CCCCC3)nc2s1.CCc1nn2c(=O)cc(-c3ccccc3)nc2s1.CCc1nn2c(=O)cc(C3=CCCCC3)nc2s1.CCc1nn2c(=O)cc(N3CCCCC3)nc2o1.O=c1cc(N2CCCCC2)nc2sc(-c3ccccc3)nn12.O=c1cc(N2CCCCC2)nc2sc(-c3ccncc3)nn12. The topological polar surface area (TPSA) is 323 Å². The summed E-state index contributed by atoms with van der Waals surface area (Å²) in [5.41, 5.74) is 4.91. The van der Waals surface area contributed by atoms with Gasteiger partial charge in [-0.25, -0.2) is 24.9 Å². The van der Waals surface area contributed by atoms with Gasteiger partial charge in [0.15, 0.2) is 0 Å². The third-order valence-electron chi connectivity index (χ3n) is 20.4. The fourth-order valence-electron chi connectivity index (χ4n) is 14.1. The van der Waals surface area contributed by atoms with E-state index in [4.69, 9.17) is 4.42 Å². The van der Waals surface area contributed by atoms with Crippen molar-refractivity contribution < 1.29 is 4.42 Å². The number of benzene rings is 2. The van der Waals surface area contributed by atoms with Gasteiger partial charge >= 0.3 is 5.84 Å². The third kappa shape index (κ3) is 19.4. The van der Waals surface area contributed by atoms with Gasteiger partial charge < -0.3 is 24.0 Å². The van der Waals surface area contributed by atoms with Crippen molar-refractivity contribution in [3.63, 3.8) is 0 Å². The van der Waals surface area contributed by atoms with Gasteiger partial charge in [-0.15, -0.1) is 9.61 Å². The minimum absolute atomic E-state index is 0.0594. The van der Waals surface area contributed by atoms with Crippen molar-refractivity contribution in [3.05, 3.63) is 216 Å². The molecule has 15 aromatic rings. The zero-order valence-corrected chi connectivity index (χ0v) is 71.0. The van der Waals surface area contributed by atoms with E-state index in [2.05, 4.69) is 112 Å². The van der Waals surface area contributed by atoms with Crippen LogP contribution in [-0.4, -0.2) is 145 Å². The molecule has 30 nitrogen and oxygen atoms in total. The van der Waals surface area contributed by atoms with Crippen molar-refractivity contribution in [2.45, 2.75) is 169 Å². The molecule has 0 saturated carbocycles. The van der Waals surface area contributed by atoms with Crippen LogP contribution < -0.4 is 53.0 Å². The van der Waals surface area contributed by atoms with Gasteiger partial charge in [-0.1, -0.05) is 165 Å². The van der Waals surface area contributed by atoms with Crippen LogP contribution in [0.2, 0.25) is 0 Å². The molecule has 4 fully saturated rings. The van der Waals surface area contributed by atoms with Crippen molar-refractivity contribution in [1.82, 2.24) is 92.6 Å². The quantitative estimate of drug-likeness (QED) is 0.116. The summed E-state index contributed by atoms with van der Waals surface area (Å²) in [5, 5.41) is 30.2. The minimum Gasteiger partial charge on any atom is -0.408 e. The van der Waals surface area contributed by atoms with E-state index < -0.39 is 0 Å². The molecule has 0 radical (unpaired) electrons. The van der Waals surface area contributed by atoms with E-state index in [1.54, 1.807) is 42.7 Å². The number of hydrogen-bond acceptors (Lipinski definition) is 29. The van der Waals surface area contributed by atoms with Crippen molar-refractivity contribution in [3.8, 4) is 32.4 Å². The Bertz CT molecular complexity index is 6240. The summed E-state index contributed by atoms with van der Waals surface area (Å²) >= 11 is 7.36. The number of allylic oxidation sites excluding steroid dienone is 2. The Hall–Kier alpha value is -11.3. The van der Waals surface area contributed by atoms with Gasteiger partial charge in [0.05, 0.1) is 11.4 Å². The number of fused-ring (bicyclic) bond motifs is 6. The zero-order valence-electron chi connectivity index (χ0n) is 66.9. The van der Waals surface area contributed by atoms with Crippen LogP contribution >= 0.6 is 56.7 Å². The van der Waals surface area contributed by atoms with Crippen LogP contribution in [0, 0.1) is 0 Å². The first kappa shape index (κ1) is 81.9. The molecule has 118 heavy (non-hydrogen) atoms. The number of aromatic nitrogens is 19. The van der Waals surface area contributed by atoms with Crippen LogP contribution in [0.1, 0.15) is 171 Å². The van der Waals surface area contributed by atoms with E-state index in [1.165, 1.54) is 160 Å². The van der Waals surface area contributed by atoms with Crippen LogP contribution in [0.15, 0.2) is 161 Å². The van der Waals surface area contributed by atoms with Crippen LogP contribution in [0.5, 0.6) is 0 Å². The van der Waals surface area contributed by atoms with Crippen molar-refractivity contribution >= 4 is 116 Å². The first-order valence-electron chi connectivity index (χ1n) is 40.5. The van der Waals surface area contributed by atoms with E-state index >= 15 is 0 Å². The van der Waals surface area contributed by atoms with Crippen molar-refractivity contribution in [1.29, 1.82) is 0 Å². The maximum atomic E-state index is 12.3. The average Bonchev–Trinajstić information content (AvgIpc) is 1.65. The van der Waals surface area contributed by atoms with Gasteiger partial charge in [0.2, 0.25) is 30.7 Å². The number of piperidine rings is 4. The fraction of sp³-hybridized carbons (Fsp3) is 0.410. The largest absolute Gasteiger partial charge is 0.408 e. The number of hydrogen-bond donors (Lipinski definition) is 0. The summed E-state index contributed by atoms with van der Waals surface area (Å²) in [7, 11) is 0.